The third kappa shape index (κ3) is 1.97. The lowest BCUT2D eigenvalue weighted by atomic mass is 10.1. The van der Waals surface area contributed by atoms with E-state index in [2.05, 4.69) is 5.16 Å². The summed E-state index contributed by atoms with van der Waals surface area (Å²) in [5, 5.41) is 11.5. The van der Waals surface area contributed by atoms with Gasteiger partial charge in [-0.25, -0.2) is 0 Å². The number of amides is 1. The summed E-state index contributed by atoms with van der Waals surface area (Å²) in [5.41, 5.74) is 5.51. The normalized spacial score (nSPS) is 23.2. The first-order valence-corrected chi connectivity index (χ1v) is 4.85. The molecule has 0 saturated carbocycles. The van der Waals surface area contributed by atoms with Crippen LogP contribution < -0.4 is 5.73 Å². The van der Waals surface area contributed by atoms with E-state index in [1.807, 2.05) is 13.8 Å². The predicted molar refractivity (Wildman–Crippen MR) is 53.0 cm³/mol. The molecule has 1 heterocycles. The zero-order valence-electron chi connectivity index (χ0n) is 8.60. The van der Waals surface area contributed by atoms with Gasteiger partial charge in [-0.15, -0.1) is 0 Å². The van der Waals surface area contributed by atoms with E-state index in [-0.39, 0.29) is 23.7 Å². The second-order valence-corrected chi connectivity index (χ2v) is 3.87. The van der Waals surface area contributed by atoms with Crippen molar-refractivity contribution in [2.45, 2.75) is 32.7 Å². The number of likely N-dealkylation sites (tertiary alicyclic amines) is 1. The highest BCUT2D eigenvalue weighted by Gasteiger charge is 2.32. The molecular formula is C9H17N3O2. The van der Waals surface area contributed by atoms with Crippen LogP contribution in [0.1, 0.15) is 26.7 Å². The van der Waals surface area contributed by atoms with Crippen LogP contribution in [0.3, 0.4) is 0 Å². The predicted octanol–water partition coefficient (Wildman–Crippen LogP) is 0.380. The van der Waals surface area contributed by atoms with Crippen LogP contribution in [0, 0.1) is 5.92 Å². The molecule has 5 nitrogen and oxygen atoms in total. The molecule has 0 radical (unpaired) electrons. The molecular weight excluding hydrogens is 182 g/mol. The zero-order chi connectivity index (χ0) is 10.7. The van der Waals surface area contributed by atoms with E-state index >= 15 is 0 Å². The van der Waals surface area contributed by atoms with Crippen molar-refractivity contribution in [3.8, 4) is 0 Å². The third-order valence-corrected chi connectivity index (χ3v) is 2.49. The van der Waals surface area contributed by atoms with E-state index in [1.165, 1.54) is 0 Å². The molecule has 0 spiro atoms. The third-order valence-electron chi connectivity index (χ3n) is 2.49. The number of rotatable bonds is 2. The van der Waals surface area contributed by atoms with Crippen molar-refractivity contribution in [2.24, 2.45) is 16.8 Å². The minimum absolute atomic E-state index is 0.0397. The van der Waals surface area contributed by atoms with Gasteiger partial charge in [0.05, 0.1) is 6.04 Å². The van der Waals surface area contributed by atoms with Crippen molar-refractivity contribution >= 4 is 11.7 Å². The molecule has 1 rings (SSSR count). The molecule has 14 heavy (non-hydrogen) atoms. The number of hydrogen-bond acceptors (Lipinski definition) is 3. The molecule has 1 aliphatic heterocycles. The number of carbonyl (C=O) groups excluding carboxylic acids is 1. The Morgan fingerprint density at radius 3 is 2.79 bits per heavy atom. The summed E-state index contributed by atoms with van der Waals surface area (Å²) in [6.45, 7) is 4.41. The lowest BCUT2D eigenvalue weighted by molar-refractivity contribution is -0.134. The average molecular weight is 199 g/mol. The number of hydrogen-bond donors (Lipinski definition) is 2. The topological polar surface area (TPSA) is 78.9 Å². The molecule has 1 unspecified atom stereocenters. The maximum atomic E-state index is 11.7. The van der Waals surface area contributed by atoms with Crippen LogP contribution in [0.5, 0.6) is 0 Å². The highest BCUT2D eigenvalue weighted by atomic mass is 16.4. The SMILES string of the molecule is CC(C)C(=O)N1CCCC1/C(N)=N/O. The Bertz CT molecular complexity index is 250. The van der Waals surface area contributed by atoms with Crippen molar-refractivity contribution < 1.29 is 10.0 Å². The molecule has 1 aliphatic rings. The molecule has 0 aromatic carbocycles. The molecule has 5 heteroatoms. The summed E-state index contributed by atoms with van der Waals surface area (Å²) >= 11 is 0. The van der Waals surface area contributed by atoms with Crippen LogP contribution in [0.25, 0.3) is 0 Å². The maximum absolute atomic E-state index is 11.7. The van der Waals surface area contributed by atoms with Gasteiger partial charge in [0.2, 0.25) is 5.91 Å². The first kappa shape index (κ1) is 10.8. The average Bonchev–Trinajstić information content (AvgIpc) is 2.63. The number of nitrogens with zero attached hydrogens (tertiary/aromatic N) is 2. The molecule has 1 fully saturated rings. The Labute approximate surface area is 83.6 Å². The monoisotopic (exact) mass is 199 g/mol. The number of carbonyl (C=O) groups is 1. The molecule has 0 aromatic heterocycles. The summed E-state index contributed by atoms with van der Waals surface area (Å²) in [6, 6.07) is -0.213. The highest BCUT2D eigenvalue weighted by molar-refractivity contribution is 5.90. The summed E-state index contributed by atoms with van der Waals surface area (Å²) in [5.74, 6) is 0.165. The summed E-state index contributed by atoms with van der Waals surface area (Å²) in [7, 11) is 0. The Morgan fingerprint density at radius 2 is 2.29 bits per heavy atom. The fourth-order valence-electron chi connectivity index (χ4n) is 1.74. The number of amidine groups is 1. The van der Waals surface area contributed by atoms with E-state index in [9.17, 15) is 4.79 Å². The molecule has 0 aromatic rings. The fourth-order valence-corrected chi connectivity index (χ4v) is 1.74. The first-order chi connectivity index (χ1) is 6.57. The van der Waals surface area contributed by atoms with Crippen LogP contribution in [0.15, 0.2) is 5.16 Å². The van der Waals surface area contributed by atoms with E-state index < -0.39 is 0 Å². The van der Waals surface area contributed by atoms with Crippen LogP contribution in [-0.4, -0.2) is 34.4 Å². The Balaban J connectivity index is 2.74. The molecule has 1 atom stereocenters. The van der Waals surface area contributed by atoms with Crippen molar-refractivity contribution in [3.63, 3.8) is 0 Å². The van der Waals surface area contributed by atoms with E-state index in [0.717, 1.165) is 12.8 Å². The highest BCUT2D eigenvalue weighted by Crippen LogP contribution is 2.19. The van der Waals surface area contributed by atoms with Gasteiger partial charge >= 0.3 is 0 Å². The molecule has 80 valence electrons. The van der Waals surface area contributed by atoms with Gasteiger partial charge < -0.3 is 15.8 Å². The van der Waals surface area contributed by atoms with E-state index in [4.69, 9.17) is 10.9 Å². The Hall–Kier alpha value is -1.26. The van der Waals surface area contributed by atoms with E-state index in [1.54, 1.807) is 4.90 Å². The minimum atomic E-state index is -0.213. The Morgan fingerprint density at radius 1 is 1.64 bits per heavy atom. The van der Waals surface area contributed by atoms with Crippen molar-refractivity contribution in [1.82, 2.24) is 4.90 Å². The zero-order valence-corrected chi connectivity index (χ0v) is 8.60. The van der Waals surface area contributed by atoms with Crippen molar-refractivity contribution in [1.29, 1.82) is 0 Å². The van der Waals surface area contributed by atoms with Crippen LogP contribution in [-0.2, 0) is 4.79 Å². The lowest BCUT2D eigenvalue weighted by Gasteiger charge is -2.25. The standard InChI is InChI=1S/C9H17N3O2/c1-6(2)9(13)12-5-3-4-7(12)8(10)11-14/h6-7,14H,3-5H2,1-2H3,(H2,10,11). The van der Waals surface area contributed by atoms with Gasteiger partial charge in [-0.1, -0.05) is 19.0 Å². The van der Waals surface area contributed by atoms with Gasteiger partial charge in [-0.2, -0.15) is 0 Å². The molecule has 1 amide bonds. The smallest absolute Gasteiger partial charge is 0.225 e. The minimum Gasteiger partial charge on any atom is -0.409 e. The molecule has 0 aliphatic carbocycles. The fraction of sp³-hybridized carbons (Fsp3) is 0.778. The van der Waals surface area contributed by atoms with Gasteiger partial charge in [0.15, 0.2) is 5.84 Å². The summed E-state index contributed by atoms with van der Waals surface area (Å²) < 4.78 is 0. The molecule has 3 N–H and O–H groups in total. The van der Waals surface area contributed by atoms with E-state index in [0.29, 0.717) is 6.54 Å². The first-order valence-electron chi connectivity index (χ1n) is 4.85. The van der Waals surface area contributed by atoms with Crippen molar-refractivity contribution in [2.75, 3.05) is 6.54 Å². The van der Waals surface area contributed by atoms with Crippen LogP contribution in [0.2, 0.25) is 0 Å². The van der Waals surface area contributed by atoms with Gasteiger partial charge in [0.1, 0.15) is 0 Å². The number of nitrogens with two attached hydrogens (primary N) is 1. The second-order valence-electron chi connectivity index (χ2n) is 3.87. The maximum Gasteiger partial charge on any atom is 0.225 e. The largest absolute Gasteiger partial charge is 0.409 e. The van der Waals surface area contributed by atoms with Gasteiger partial charge in [-0.3, -0.25) is 4.79 Å². The Kier molecular flexibility index (Phi) is 3.33. The van der Waals surface area contributed by atoms with Crippen LogP contribution in [0.4, 0.5) is 0 Å². The van der Waals surface area contributed by atoms with Gasteiger partial charge in [0, 0.05) is 12.5 Å². The van der Waals surface area contributed by atoms with Crippen LogP contribution >= 0.6 is 0 Å². The number of oxime groups is 1. The lowest BCUT2D eigenvalue weighted by Crippen LogP contribution is -2.45. The second kappa shape index (κ2) is 4.30. The molecule has 1 saturated heterocycles. The van der Waals surface area contributed by atoms with Crippen molar-refractivity contribution in [3.05, 3.63) is 0 Å². The molecule has 0 bridgehead atoms. The quantitative estimate of drug-likeness (QED) is 0.292. The summed E-state index contributed by atoms with van der Waals surface area (Å²) in [6.07, 6.45) is 1.70. The van der Waals surface area contributed by atoms with Gasteiger partial charge in [0.25, 0.3) is 0 Å². The summed E-state index contributed by atoms with van der Waals surface area (Å²) in [4.78, 5) is 13.4. The van der Waals surface area contributed by atoms with Gasteiger partial charge in [-0.05, 0) is 12.8 Å².